The molecule has 6 heteroatoms. The zero-order chi connectivity index (χ0) is 32.5. The van der Waals surface area contributed by atoms with Gasteiger partial charge in [-0.25, -0.2) is 0 Å². The first kappa shape index (κ1) is 31.3. The topological polar surface area (TPSA) is 43.2 Å². The SMILES string of the molecule is c1ccc([Si](O/N=C2/CCCC/C2=N\O[Si](c2ccccc2)(c2ccccc2)c2ccccc2)(c2ccccc2)c2ccccc2)cc1. The fraction of sp³-hybridized carbons (Fsp3) is 0.0952. The predicted molar refractivity (Wildman–Crippen MR) is 203 cm³/mol. The van der Waals surface area contributed by atoms with Crippen LogP contribution in [-0.4, -0.2) is 28.1 Å². The molecule has 4 nitrogen and oxygen atoms in total. The van der Waals surface area contributed by atoms with E-state index in [1.807, 2.05) is 0 Å². The number of benzene rings is 6. The van der Waals surface area contributed by atoms with Crippen molar-refractivity contribution in [3.63, 3.8) is 0 Å². The summed E-state index contributed by atoms with van der Waals surface area (Å²) in [6.45, 7) is 0. The molecule has 0 N–H and O–H groups in total. The molecule has 0 radical (unpaired) electrons. The highest BCUT2D eigenvalue weighted by atomic mass is 28.4. The largest absolute Gasteiger partial charge is 0.438 e. The van der Waals surface area contributed by atoms with Gasteiger partial charge in [0.1, 0.15) is 11.4 Å². The molecule has 6 aromatic rings. The van der Waals surface area contributed by atoms with Crippen LogP contribution in [0.5, 0.6) is 0 Å². The highest BCUT2D eigenvalue weighted by molar-refractivity contribution is 7.07. The molecule has 0 aromatic heterocycles. The Morgan fingerprint density at radius 1 is 0.312 bits per heavy atom. The van der Waals surface area contributed by atoms with Crippen molar-refractivity contribution < 1.29 is 9.05 Å². The lowest BCUT2D eigenvalue weighted by molar-refractivity contribution is 0.340. The van der Waals surface area contributed by atoms with Crippen LogP contribution in [0.2, 0.25) is 0 Å². The second-order valence-corrected chi connectivity index (χ2v) is 18.6. The molecule has 0 atom stereocenters. The van der Waals surface area contributed by atoms with Crippen molar-refractivity contribution in [3.8, 4) is 0 Å². The molecule has 1 aliphatic carbocycles. The maximum Gasteiger partial charge on any atom is 0.380 e. The normalized spacial score (nSPS) is 15.2. The summed E-state index contributed by atoms with van der Waals surface area (Å²) in [5, 5.41) is 17.0. The summed E-state index contributed by atoms with van der Waals surface area (Å²) < 4.78 is 14.1. The third kappa shape index (κ3) is 6.20. The first-order chi connectivity index (χ1) is 23.8. The first-order valence-corrected chi connectivity index (χ1v) is 20.5. The molecule has 0 heterocycles. The summed E-state index contributed by atoms with van der Waals surface area (Å²) in [7, 11) is -6.06. The molecule has 0 saturated heterocycles. The molecule has 7 rings (SSSR count). The minimum absolute atomic E-state index is 0.779. The molecule has 0 spiro atoms. The number of nitrogens with zero attached hydrogens (tertiary/aromatic N) is 2. The fourth-order valence-corrected chi connectivity index (χ4v) is 13.8. The van der Waals surface area contributed by atoms with E-state index in [2.05, 4.69) is 182 Å². The van der Waals surface area contributed by atoms with Gasteiger partial charge in [0, 0.05) is 0 Å². The molecule has 6 aromatic carbocycles. The van der Waals surface area contributed by atoms with Gasteiger partial charge >= 0.3 is 16.6 Å². The minimum atomic E-state index is -3.03. The molecule has 1 saturated carbocycles. The Morgan fingerprint density at radius 2 is 0.521 bits per heavy atom. The van der Waals surface area contributed by atoms with Crippen molar-refractivity contribution in [2.45, 2.75) is 25.7 Å². The van der Waals surface area contributed by atoms with E-state index in [4.69, 9.17) is 19.4 Å². The summed E-state index contributed by atoms with van der Waals surface area (Å²) in [6.07, 6.45) is 3.61. The summed E-state index contributed by atoms with van der Waals surface area (Å²) in [5.74, 6) is 0. The Kier molecular flexibility index (Phi) is 9.54. The summed E-state index contributed by atoms with van der Waals surface area (Å²) >= 11 is 0. The fourth-order valence-electron chi connectivity index (χ4n) is 6.67. The van der Waals surface area contributed by atoms with Gasteiger partial charge in [0.15, 0.2) is 0 Å². The lowest BCUT2D eigenvalue weighted by Gasteiger charge is -2.32. The van der Waals surface area contributed by atoms with Crippen molar-refractivity contribution in [2.75, 3.05) is 0 Å². The Morgan fingerprint density at radius 3 is 0.729 bits per heavy atom. The van der Waals surface area contributed by atoms with Crippen LogP contribution < -0.4 is 31.1 Å². The Labute approximate surface area is 285 Å². The van der Waals surface area contributed by atoms with Crippen molar-refractivity contribution in [1.29, 1.82) is 0 Å². The van der Waals surface area contributed by atoms with Gasteiger partial charge in [-0.05, 0) is 56.8 Å². The third-order valence-electron chi connectivity index (χ3n) is 9.08. The van der Waals surface area contributed by atoms with E-state index in [9.17, 15) is 0 Å². The average molecular weight is 659 g/mol. The highest BCUT2D eigenvalue weighted by Gasteiger charge is 2.46. The smallest absolute Gasteiger partial charge is 0.380 e. The van der Waals surface area contributed by atoms with E-state index in [0.717, 1.165) is 68.2 Å². The monoisotopic (exact) mass is 658 g/mol. The molecule has 1 fully saturated rings. The van der Waals surface area contributed by atoms with E-state index in [0.29, 0.717) is 0 Å². The summed E-state index contributed by atoms with van der Waals surface area (Å²) in [6, 6.07) is 63.4. The van der Waals surface area contributed by atoms with Gasteiger partial charge in [0.25, 0.3) is 0 Å². The van der Waals surface area contributed by atoms with E-state index in [1.165, 1.54) is 0 Å². The zero-order valence-corrected chi connectivity index (χ0v) is 28.9. The maximum absolute atomic E-state index is 7.05. The summed E-state index contributed by atoms with van der Waals surface area (Å²) in [5.41, 5.74) is 1.72. The summed E-state index contributed by atoms with van der Waals surface area (Å²) in [4.78, 5) is 0. The van der Waals surface area contributed by atoms with Gasteiger partial charge in [-0.15, -0.1) is 10.3 Å². The molecular formula is C42H38N2O2Si2. The second kappa shape index (κ2) is 14.6. The maximum atomic E-state index is 7.05. The van der Waals surface area contributed by atoms with Crippen LogP contribution in [0.25, 0.3) is 0 Å². The second-order valence-electron chi connectivity index (χ2n) is 12.0. The van der Waals surface area contributed by atoms with Crippen LogP contribution in [-0.2, 0) is 9.05 Å². The van der Waals surface area contributed by atoms with Crippen LogP contribution in [0.4, 0.5) is 0 Å². The molecular weight excluding hydrogens is 621 g/mol. The highest BCUT2D eigenvalue weighted by Crippen LogP contribution is 2.19. The third-order valence-corrected chi connectivity index (χ3v) is 16.7. The molecule has 1 aliphatic rings. The predicted octanol–water partition coefficient (Wildman–Crippen LogP) is 5.64. The number of hydrogen-bond acceptors (Lipinski definition) is 4. The van der Waals surface area contributed by atoms with Gasteiger partial charge in [-0.2, -0.15) is 0 Å². The van der Waals surface area contributed by atoms with Crippen molar-refractivity contribution in [3.05, 3.63) is 182 Å². The Bertz CT molecular complexity index is 1620. The lowest BCUT2D eigenvalue weighted by atomic mass is 9.97. The van der Waals surface area contributed by atoms with Crippen LogP contribution in [0.1, 0.15) is 25.7 Å². The lowest BCUT2D eigenvalue weighted by Crippen LogP contribution is -2.68. The Balaban J connectivity index is 1.35. The van der Waals surface area contributed by atoms with Gasteiger partial charge in [-0.3, -0.25) is 0 Å². The van der Waals surface area contributed by atoms with E-state index >= 15 is 0 Å². The van der Waals surface area contributed by atoms with Gasteiger partial charge < -0.3 is 9.05 Å². The zero-order valence-electron chi connectivity index (χ0n) is 26.9. The van der Waals surface area contributed by atoms with Gasteiger partial charge in [0.05, 0.1) is 0 Å². The quantitative estimate of drug-likeness (QED) is 0.109. The van der Waals surface area contributed by atoms with Crippen molar-refractivity contribution in [1.82, 2.24) is 0 Å². The van der Waals surface area contributed by atoms with E-state index < -0.39 is 16.6 Å². The molecule has 0 unspecified atom stereocenters. The van der Waals surface area contributed by atoms with E-state index in [1.54, 1.807) is 0 Å². The van der Waals surface area contributed by atoms with Crippen molar-refractivity contribution in [2.24, 2.45) is 10.3 Å². The average Bonchev–Trinajstić information content (AvgIpc) is 3.18. The van der Waals surface area contributed by atoms with Gasteiger partial charge in [0.2, 0.25) is 0 Å². The van der Waals surface area contributed by atoms with Crippen molar-refractivity contribution >= 4 is 59.2 Å². The number of hydrogen-bond donors (Lipinski definition) is 0. The van der Waals surface area contributed by atoms with Crippen LogP contribution in [0.3, 0.4) is 0 Å². The van der Waals surface area contributed by atoms with Crippen LogP contribution >= 0.6 is 0 Å². The standard InChI is InChI=1S/C42H38N2O2Si2/c1-7-21-35(22-8-1)47(36-23-9-2-10-24-36,37-25-11-3-12-26-37)45-43-41-33-19-20-34-42(41)44-46-48(38-27-13-4-14-28-38,39-29-15-5-16-30-39)40-31-17-6-18-32-40/h1-18,21-32H,19-20,33-34H2/b43-41-,44-42+. The van der Waals surface area contributed by atoms with Crippen LogP contribution in [0.15, 0.2) is 192 Å². The number of rotatable bonds is 10. The molecule has 236 valence electrons. The number of oxime groups is 2. The van der Waals surface area contributed by atoms with Gasteiger partial charge in [-0.1, -0.05) is 182 Å². The Hall–Kier alpha value is -5.31. The molecule has 0 amide bonds. The van der Waals surface area contributed by atoms with Crippen LogP contribution in [0, 0.1) is 0 Å². The molecule has 0 aliphatic heterocycles. The molecule has 0 bridgehead atoms. The molecule has 48 heavy (non-hydrogen) atoms. The first-order valence-electron chi connectivity index (χ1n) is 16.6. The van der Waals surface area contributed by atoms with E-state index in [-0.39, 0.29) is 0 Å². The minimum Gasteiger partial charge on any atom is -0.438 e.